The summed E-state index contributed by atoms with van der Waals surface area (Å²) in [5.74, 6) is -0.0160. The predicted octanol–water partition coefficient (Wildman–Crippen LogP) is 3.73. The maximum atomic E-state index is 13.1. The molecule has 0 bridgehead atoms. The van der Waals surface area contributed by atoms with Crippen LogP contribution in [0.3, 0.4) is 0 Å². The van der Waals surface area contributed by atoms with E-state index in [0.29, 0.717) is 35.7 Å². The van der Waals surface area contributed by atoms with Gasteiger partial charge in [0.25, 0.3) is 5.91 Å². The second-order valence-corrected chi connectivity index (χ2v) is 6.91. The van der Waals surface area contributed by atoms with Crippen LogP contribution >= 0.6 is 0 Å². The second kappa shape index (κ2) is 8.17. The van der Waals surface area contributed by atoms with Crippen LogP contribution in [0.4, 0.5) is 10.1 Å². The largest absolute Gasteiger partial charge is 0.367 e. The zero-order valence-electron chi connectivity index (χ0n) is 14.9. The van der Waals surface area contributed by atoms with Crippen LogP contribution in [0.2, 0.25) is 0 Å². The smallest absolute Gasteiger partial charge is 0.255 e. The molecule has 3 rings (SSSR count). The molecule has 1 aromatic carbocycles. The lowest BCUT2D eigenvalue weighted by atomic mass is 9.93. The number of carbonyl (C=O) groups excluding carboxylic acids is 2. The van der Waals surface area contributed by atoms with E-state index >= 15 is 0 Å². The molecule has 26 heavy (non-hydrogen) atoms. The Morgan fingerprint density at radius 3 is 2.92 bits per heavy atom. The number of hydrogen-bond acceptors (Lipinski definition) is 2. The molecule has 0 aliphatic carbocycles. The second-order valence-electron chi connectivity index (χ2n) is 6.91. The van der Waals surface area contributed by atoms with Crippen LogP contribution in [0, 0.1) is 18.7 Å². The van der Waals surface area contributed by atoms with Crippen LogP contribution < -0.4 is 5.32 Å². The van der Waals surface area contributed by atoms with E-state index in [-0.39, 0.29) is 17.6 Å². The standard InChI is InChI=1S/C20H24FN3O2/c1-14-11-17(21)5-6-18(14)23-19(25)7-4-15-3-2-10-24(13-15)20(26)16-8-9-22-12-16/h5-6,8-9,11-12,15,22H,2-4,7,10,13H2,1H3,(H,23,25)/t15-/m1/s1. The average Bonchev–Trinajstić information content (AvgIpc) is 3.17. The summed E-state index contributed by atoms with van der Waals surface area (Å²) in [7, 11) is 0. The minimum absolute atomic E-state index is 0.0438. The molecule has 0 spiro atoms. The monoisotopic (exact) mass is 357 g/mol. The molecular weight excluding hydrogens is 333 g/mol. The van der Waals surface area contributed by atoms with Crippen LogP contribution in [-0.4, -0.2) is 34.8 Å². The van der Waals surface area contributed by atoms with Crippen LogP contribution in [0.25, 0.3) is 0 Å². The third-order valence-corrected chi connectivity index (χ3v) is 4.89. The van der Waals surface area contributed by atoms with E-state index in [1.165, 1.54) is 12.1 Å². The lowest BCUT2D eigenvalue weighted by Gasteiger charge is -2.32. The summed E-state index contributed by atoms with van der Waals surface area (Å²) in [5, 5.41) is 2.84. The molecular formula is C20H24FN3O2. The third kappa shape index (κ3) is 4.50. The zero-order valence-corrected chi connectivity index (χ0v) is 14.9. The number of rotatable bonds is 5. The van der Waals surface area contributed by atoms with Gasteiger partial charge < -0.3 is 15.2 Å². The van der Waals surface area contributed by atoms with E-state index in [2.05, 4.69) is 10.3 Å². The van der Waals surface area contributed by atoms with Gasteiger partial charge in [-0.25, -0.2) is 4.39 Å². The molecule has 0 unspecified atom stereocenters. The summed E-state index contributed by atoms with van der Waals surface area (Å²) in [6.07, 6.45) is 6.58. The van der Waals surface area contributed by atoms with Gasteiger partial charge in [0.1, 0.15) is 5.82 Å². The number of amides is 2. The average molecular weight is 357 g/mol. The Bertz CT molecular complexity index is 773. The molecule has 138 valence electrons. The Labute approximate surface area is 152 Å². The van der Waals surface area contributed by atoms with Gasteiger partial charge in [-0.1, -0.05) is 0 Å². The minimum Gasteiger partial charge on any atom is -0.367 e. The molecule has 1 aliphatic rings. The molecule has 0 saturated carbocycles. The van der Waals surface area contributed by atoms with Crippen molar-refractivity contribution in [3.8, 4) is 0 Å². The van der Waals surface area contributed by atoms with E-state index in [4.69, 9.17) is 0 Å². The van der Waals surface area contributed by atoms with E-state index in [0.717, 1.165) is 25.8 Å². The number of nitrogens with zero attached hydrogens (tertiary/aromatic N) is 1. The quantitative estimate of drug-likeness (QED) is 0.856. The highest BCUT2D eigenvalue weighted by molar-refractivity contribution is 5.94. The summed E-state index contributed by atoms with van der Waals surface area (Å²) >= 11 is 0. The van der Waals surface area contributed by atoms with Crippen molar-refractivity contribution in [2.24, 2.45) is 5.92 Å². The van der Waals surface area contributed by atoms with E-state index < -0.39 is 0 Å². The summed E-state index contributed by atoms with van der Waals surface area (Å²) in [5.41, 5.74) is 2.03. The predicted molar refractivity (Wildman–Crippen MR) is 98.4 cm³/mol. The number of anilines is 1. The minimum atomic E-state index is -0.310. The lowest BCUT2D eigenvalue weighted by molar-refractivity contribution is -0.116. The zero-order chi connectivity index (χ0) is 18.5. The molecule has 5 nitrogen and oxygen atoms in total. The number of piperidine rings is 1. The number of H-pyrrole nitrogens is 1. The SMILES string of the molecule is Cc1cc(F)ccc1NC(=O)CC[C@H]1CCCN(C(=O)c2cc[nH]c2)C1. The van der Waals surface area contributed by atoms with Gasteiger partial charge in [0.15, 0.2) is 0 Å². The number of benzene rings is 1. The van der Waals surface area contributed by atoms with Gasteiger partial charge in [-0.2, -0.15) is 0 Å². The fourth-order valence-corrected chi connectivity index (χ4v) is 3.44. The van der Waals surface area contributed by atoms with Gasteiger partial charge in [0.05, 0.1) is 5.56 Å². The van der Waals surface area contributed by atoms with E-state index in [1.54, 1.807) is 31.5 Å². The number of aromatic nitrogens is 1. The molecule has 1 saturated heterocycles. The Balaban J connectivity index is 1.49. The molecule has 0 radical (unpaired) electrons. The molecule has 6 heteroatoms. The van der Waals surface area contributed by atoms with Gasteiger partial charge >= 0.3 is 0 Å². The van der Waals surface area contributed by atoms with Crippen LogP contribution in [-0.2, 0) is 4.79 Å². The van der Waals surface area contributed by atoms with Crippen molar-refractivity contribution in [1.29, 1.82) is 0 Å². The molecule has 1 aliphatic heterocycles. The first-order chi connectivity index (χ1) is 12.5. The van der Waals surface area contributed by atoms with Crippen LogP contribution in [0.1, 0.15) is 41.6 Å². The first kappa shape index (κ1) is 18.2. The normalized spacial score (nSPS) is 17.2. The number of aromatic amines is 1. The number of hydrogen-bond donors (Lipinski definition) is 2. The van der Waals surface area contributed by atoms with Crippen LogP contribution in [0.5, 0.6) is 0 Å². The van der Waals surface area contributed by atoms with Gasteiger partial charge in [-0.3, -0.25) is 9.59 Å². The molecule has 2 N–H and O–H groups in total. The van der Waals surface area contributed by atoms with Crippen molar-refractivity contribution in [3.05, 3.63) is 53.6 Å². The Morgan fingerprint density at radius 1 is 1.35 bits per heavy atom. The number of likely N-dealkylation sites (tertiary alicyclic amines) is 1. The summed E-state index contributed by atoms with van der Waals surface area (Å²) in [6.45, 7) is 3.22. The first-order valence-corrected chi connectivity index (χ1v) is 9.01. The van der Waals surface area contributed by atoms with Crippen LogP contribution in [0.15, 0.2) is 36.7 Å². The first-order valence-electron chi connectivity index (χ1n) is 9.01. The lowest BCUT2D eigenvalue weighted by Crippen LogP contribution is -2.40. The summed E-state index contributed by atoms with van der Waals surface area (Å²) in [4.78, 5) is 29.4. The van der Waals surface area contributed by atoms with E-state index in [9.17, 15) is 14.0 Å². The van der Waals surface area contributed by atoms with Gasteiger partial charge in [-0.15, -0.1) is 0 Å². The molecule has 2 aromatic rings. The number of aryl methyl sites for hydroxylation is 1. The molecule has 1 aromatic heterocycles. The van der Waals surface area contributed by atoms with Crippen molar-refractivity contribution in [2.45, 2.75) is 32.6 Å². The maximum Gasteiger partial charge on any atom is 0.255 e. The van der Waals surface area contributed by atoms with Crippen molar-refractivity contribution in [2.75, 3.05) is 18.4 Å². The molecule has 2 heterocycles. The Kier molecular flexibility index (Phi) is 5.71. The van der Waals surface area contributed by atoms with Gasteiger partial charge in [-0.05, 0) is 61.9 Å². The third-order valence-electron chi connectivity index (χ3n) is 4.89. The summed E-state index contributed by atoms with van der Waals surface area (Å²) < 4.78 is 13.1. The Morgan fingerprint density at radius 2 is 2.19 bits per heavy atom. The topological polar surface area (TPSA) is 65.2 Å². The highest BCUT2D eigenvalue weighted by atomic mass is 19.1. The Hall–Kier alpha value is -2.63. The maximum absolute atomic E-state index is 13.1. The van der Waals surface area contributed by atoms with Gasteiger partial charge in [0.2, 0.25) is 5.91 Å². The highest BCUT2D eigenvalue weighted by Crippen LogP contribution is 2.23. The van der Waals surface area contributed by atoms with Crippen molar-refractivity contribution >= 4 is 17.5 Å². The van der Waals surface area contributed by atoms with Crippen molar-refractivity contribution in [1.82, 2.24) is 9.88 Å². The number of carbonyl (C=O) groups is 2. The van der Waals surface area contributed by atoms with Gasteiger partial charge in [0, 0.05) is 37.6 Å². The number of halogens is 1. The van der Waals surface area contributed by atoms with Crippen molar-refractivity contribution < 1.29 is 14.0 Å². The fraction of sp³-hybridized carbons (Fsp3) is 0.400. The molecule has 1 fully saturated rings. The van der Waals surface area contributed by atoms with Crippen molar-refractivity contribution in [3.63, 3.8) is 0 Å². The fourth-order valence-electron chi connectivity index (χ4n) is 3.44. The molecule has 1 atom stereocenters. The highest BCUT2D eigenvalue weighted by Gasteiger charge is 2.25. The summed E-state index contributed by atoms with van der Waals surface area (Å²) in [6, 6.07) is 6.11. The van der Waals surface area contributed by atoms with E-state index in [1.807, 2.05) is 4.90 Å². The number of nitrogens with one attached hydrogen (secondary N) is 2. The molecule has 2 amide bonds.